The van der Waals surface area contributed by atoms with Gasteiger partial charge >= 0.3 is 0 Å². The Hall–Kier alpha value is -1.65. The molecule has 0 saturated heterocycles. The quantitative estimate of drug-likeness (QED) is 0.585. The molecule has 62 valence electrons. The molecule has 0 bridgehead atoms. The highest BCUT2D eigenvalue weighted by atomic mass is 16.5. The van der Waals surface area contributed by atoms with Gasteiger partial charge in [-0.3, -0.25) is 4.79 Å². The molecule has 5 heteroatoms. The van der Waals surface area contributed by atoms with Crippen LogP contribution in [0.2, 0.25) is 0 Å². The molecule has 0 spiro atoms. The van der Waals surface area contributed by atoms with E-state index in [0.29, 0.717) is 11.4 Å². The van der Waals surface area contributed by atoms with Crippen LogP contribution in [0.4, 0.5) is 0 Å². The van der Waals surface area contributed by atoms with Crippen molar-refractivity contribution in [2.24, 2.45) is 0 Å². The van der Waals surface area contributed by atoms with E-state index in [1.54, 1.807) is 6.92 Å². The molecule has 2 heterocycles. The average Bonchev–Trinajstić information content (AvgIpc) is 2.04. The van der Waals surface area contributed by atoms with Crippen LogP contribution in [0.5, 0.6) is 5.88 Å². The Balaban J connectivity index is 2.47. The van der Waals surface area contributed by atoms with Crippen LogP contribution in [-0.2, 0) is 0 Å². The number of hydrogen-bond acceptors (Lipinski definition) is 4. The van der Waals surface area contributed by atoms with Crippen molar-refractivity contribution >= 4 is 5.91 Å². The van der Waals surface area contributed by atoms with Crippen molar-refractivity contribution in [3.63, 3.8) is 0 Å². The minimum atomic E-state index is -0.320. The fourth-order valence-corrected chi connectivity index (χ4v) is 1.03. The van der Waals surface area contributed by atoms with Gasteiger partial charge in [-0.25, -0.2) is 9.97 Å². The maximum absolute atomic E-state index is 11.2. The summed E-state index contributed by atoms with van der Waals surface area (Å²) in [7, 11) is 0. The van der Waals surface area contributed by atoms with E-state index in [2.05, 4.69) is 15.3 Å². The van der Waals surface area contributed by atoms with Gasteiger partial charge in [0.15, 0.2) is 6.23 Å². The number of carbonyl (C=O) groups excluding carboxylic acids is 1. The highest BCUT2D eigenvalue weighted by molar-refractivity contribution is 5.96. The van der Waals surface area contributed by atoms with Crippen LogP contribution in [0.3, 0.4) is 0 Å². The second-order valence-electron chi connectivity index (χ2n) is 2.48. The Morgan fingerprint density at radius 3 is 3.33 bits per heavy atom. The van der Waals surface area contributed by atoms with Crippen molar-refractivity contribution in [2.45, 2.75) is 13.2 Å². The molecule has 1 aliphatic heterocycles. The van der Waals surface area contributed by atoms with E-state index < -0.39 is 0 Å². The zero-order valence-corrected chi connectivity index (χ0v) is 6.44. The lowest BCUT2D eigenvalue weighted by Crippen LogP contribution is -2.41. The van der Waals surface area contributed by atoms with E-state index in [-0.39, 0.29) is 12.1 Å². The van der Waals surface area contributed by atoms with Gasteiger partial charge in [-0.1, -0.05) is 0 Å². The number of nitrogens with zero attached hydrogens (tertiary/aromatic N) is 2. The van der Waals surface area contributed by atoms with Crippen LogP contribution in [-0.4, -0.2) is 22.1 Å². The summed E-state index contributed by atoms with van der Waals surface area (Å²) in [5, 5.41) is 2.59. The van der Waals surface area contributed by atoms with E-state index in [1.807, 2.05) is 0 Å². The van der Waals surface area contributed by atoms with Crippen molar-refractivity contribution in [3.8, 4) is 5.88 Å². The molecular formula is C7H7N3O2. The topological polar surface area (TPSA) is 64.1 Å². The Morgan fingerprint density at radius 2 is 2.50 bits per heavy atom. The third-order valence-corrected chi connectivity index (χ3v) is 1.54. The van der Waals surface area contributed by atoms with Crippen LogP contribution >= 0.6 is 0 Å². The van der Waals surface area contributed by atoms with Crippen molar-refractivity contribution in [2.75, 3.05) is 0 Å². The first-order valence-electron chi connectivity index (χ1n) is 3.55. The summed E-state index contributed by atoms with van der Waals surface area (Å²) >= 11 is 0. The van der Waals surface area contributed by atoms with Crippen LogP contribution in [0.25, 0.3) is 0 Å². The van der Waals surface area contributed by atoms with Gasteiger partial charge in [0.2, 0.25) is 5.88 Å². The molecule has 5 nitrogen and oxygen atoms in total. The van der Waals surface area contributed by atoms with Crippen molar-refractivity contribution in [3.05, 3.63) is 18.1 Å². The maximum atomic E-state index is 11.2. The lowest BCUT2D eigenvalue weighted by atomic mass is 10.3. The van der Waals surface area contributed by atoms with Gasteiger partial charge < -0.3 is 10.1 Å². The van der Waals surface area contributed by atoms with Crippen molar-refractivity contribution < 1.29 is 9.53 Å². The number of carbonyl (C=O) groups is 1. The number of hydrogen-bond donors (Lipinski definition) is 1. The molecule has 1 unspecified atom stereocenters. The fraction of sp³-hybridized carbons (Fsp3) is 0.286. The molecule has 0 aliphatic carbocycles. The lowest BCUT2D eigenvalue weighted by molar-refractivity contribution is 0.0775. The predicted octanol–water partition coefficient (Wildman–Crippen LogP) is -0.0552. The number of fused-ring (bicyclic) bond motifs is 1. The van der Waals surface area contributed by atoms with E-state index in [0.717, 1.165) is 0 Å². The molecule has 0 aromatic carbocycles. The first-order chi connectivity index (χ1) is 5.77. The Bertz CT molecular complexity index is 326. The van der Waals surface area contributed by atoms with Gasteiger partial charge in [0, 0.05) is 6.20 Å². The number of rotatable bonds is 0. The number of amides is 1. The number of ether oxygens (including phenoxy) is 1. The van der Waals surface area contributed by atoms with Gasteiger partial charge in [-0.05, 0) is 6.92 Å². The normalized spacial score (nSPS) is 20.8. The summed E-state index contributed by atoms with van der Waals surface area (Å²) < 4.78 is 5.22. The first-order valence-corrected chi connectivity index (χ1v) is 3.55. The second-order valence-corrected chi connectivity index (χ2v) is 2.48. The van der Waals surface area contributed by atoms with Crippen molar-refractivity contribution in [1.82, 2.24) is 15.3 Å². The summed E-state index contributed by atoms with van der Waals surface area (Å²) in [4.78, 5) is 18.8. The highest BCUT2D eigenvalue weighted by Gasteiger charge is 2.23. The standard InChI is InChI=1S/C7H7N3O2/c1-4-10-6(11)5-2-8-3-9-7(5)12-4/h2-4H,1H3,(H,10,11). The van der Waals surface area contributed by atoms with E-state index in [9.17, 15) is 4.79 Å². The van der Waals surface area contributed by atoms with Gasteiger partial charge in [-0.15, -0.1) is 0 Å². The highest BCUT2D eigenvalue weighted by Crippen LogP contribution is 2.17. The molecule has 0 fully saturated rings. The Morgan fingerprint density at radius 1 is 1.67 bits per heavy atom. The van der Waals surface area contributed by atoms with Crippen molar-refractivity contribution in [1.29, 1.82) is 0 Å². The SMILES string of the molecule is CC1NC(=O)c2cncnc2O1. The Labute approximate surface area is 68.8 Å². The molecule has 2 rings (SSSR count). The molecule has 0 saturated carbocycles. The van der Waals surface area contributed by atoms with E-state index >= 15 is 0 Å². The van der Waals surface area contributed by atoms with Gasteiger partial charge in [0.1, 0.15) is 11.9 Å². The molecule has 1 atom stereocenters. The van der Waals surface area contributed by atoms with Gasteiger partial charge in [-0.2, -0.15) is 0 Å². The summed E-state index contributed by atoms with van der Waals surface area (Å²) in [6, 6.07) is 0. The Kier molecular flexibility index (Phi) is 1.43. The van der Waals surface area contributed by atoms with Crippen LogP contribution in [0.15, 0.2) is 12.5 Å². The molecule has 1 aliphatic rings. The van der Waals surface area contributed by atoms with Crippen LogP contribution < -0.4 is 10.1 Å². The smallest absolute Gasteiger partial charge is 0.261 e. The van der Waals surface area contributed by atoms with Crippen LogP contribution in [0, 0.1) is 0 Å². The second kappa shape index (κ2) is 2.44. The predicted molar refractivity (Wildman–Crippen MR) is 39.6 cm³/mol. The molecule has 0 radical (unpaired) electrons. The molecular weight excluding hydrogens is 158 g/mol. The van der Waals surface area contributed by atoms with E-state index in [1.165, 1.54) is 12.5 Å². The lowest BCUT2D eigenvalue weighted by Gasteiger charge is -2.21. The summed E-state index contributed by atoms with van der Waals surface area (Å²) in [6.45, 7) is 1.74. The zero-order chi connectivity index (χ0) is 8.55. The average molecular weight is 165 g/mol. The monoisotopic (exact) mass is 165 g/mol. The molecule has 1 N–H and O–H groups in total. The number of aromatic nitrogens is 2. The first kappa shape index (κ1) is 7.02. The minimum Gasteiger partial charge on any atom is -0.453 e. The molecule has 1 amide bonds. The third-order valence-electron chi connectivity index (χ3n) is 1.54. The maximum Gasteiger partial charge on any atom is 0.261 e. The largest absolute Gasteiger partial charge is 0.453 e. The molecule has 1 aromatic rings. The zero-order valence-electron chi connectivity index (χ0n) is 6.44. The van der Waals surface area contributed by atoms with Gasteiger partial charge in [0.25, 0.3) is 5.91 Å². The molecule has 12 heavy (non-hydrogen) atoms. The minimum absolute atomic E-state index is 0.190. The van der Waals surface area contributed by atoms with Gasteiger partial charge in [0.05, 0.1) is 0 Å². The summed E-state index contributed by atoms with van der Waals surface area (Å²) in [6.07, 6.45) is 2.47. The van der Waals surface area contributed by atoms with E-state index in [4.69, 9.17) is 4.74 Å². The summed E-state index contributed by atoms with van der Waals surface area (Å²) in [5.74, 6) is 0.158. The number of nitrogens with one attached hydrogen (secondary N) is 1. The third kappa shape index (κ3) is 0.990. The summed E-state index contributed by atoms with van der Waals surface area (Å²) in [5.41, 5.74) is 0.385. The van der Waals surface area contributed by atoms with Crippen LogP contribution in [0.1, 0.15) is 17.3 Å². The fourth-order valence-electron chi connectivity index (χ4n) is 1.03. The molecule has 1 aromatic heterocycles.